The number of anilines is 1. The van der Waals surface area contributed by atoms with Gasteiger partial charge in [0.15, 0.2) is 11.5 Å². The molecule has 31 heavy (non-hydrogen) atoms. The summed E-state index contributed by atoms with van der Waals surface area (Å²) in [4.78, 5) is 38.1. The Kier molecular flexibility index (Phi) is 7.19. The SMILES string of the molecule is CCOc1cc(/C=C2\SC(=O)N(CC(=O)Nc3ccccc3F)C2=O)c(Cl)cc1OC. The highest BCUT2D eigenvalue weighted by Gasteiger charge is 2.36. The highest BCUT2D eigenvalue weighted by molar-refractivity contribution is 8.18. The van der Waals surface area contributed by atoms with Crippen LogP contribution in [0.3, 0.4) is 0 Å². The van der Waals surface area contributed by atoms with E-state index in [1.54, 1.807) is 18.2 Å². The van der Waals surface area contributed by atoms with Gasteiger partial charge in [-0.25, -0.2) is 4.39 Å². The Morgan fingerprint density at radius 1 is 1.26 bits per heavy atom. The minimum absolute atomic E-state index is 0.0384. The first-order chi connectivity index (χ1) is 14.8. The van der Waals surface area contributed by atoms with Gasteiger partial charge in [-0.05, 0) is 48.5 Å². The number of carbonyl (C=O) groups excluding carboxylic acids is 3. The molecule has 0 radical (unpaired) electrons. The van der Waals surface area contributed by atoms with Crippen LogP contribution >= 0.6 is 23.4 Å². The number of imide groups is 1. The summed E-state index contributed by atoms with van der Waals surface area (Å²) in [5.74, 6) is -1.10. The topological polar surface area (TPSA) is 84.9 Å². The number of amides is 3. The number of benzene rings is 2. The second-order valence-electron chi connectivity index (χ2n) is 6.25. The molecule has 0 aliphatic carbocycles. The molecule has 7 nitrogen and oxygen atoms in total. The minimum Gasteiger partial charge on any atom is -0.493 e. The number of para-hydroxylation sites is 1. The van der Waals surface area contributed by atoms with Crippen molar-refractivity contribution < 1.29 is 28.2 Å². The Labute approximate surface area is 187 Å². The average Bonchev–Trinajstić information content (AvgIpc) is 2.99. The van der Waals surface area contributed by atoms with Gasteiger partial charge in [0.25, 0.3) is 11.1 Å². The van der Waals surface area contributed by atoms with Crippen molar-refractivity contribution in [2.45, 2.75) is 6.92 Å². The molecule has 2 aromatic carbocycles. The number of methoxy groups -OCH3 is 1. The highest BCUT2D eigenvalue weighted by atomic mass is 35.5. The van der Waals surface area contributed by atoms with Gasteiger partial charge in [-0.3, -0.25) is 19.3 Å². The predicted molar refractivity (Wildman–Crippen MR) is 117 cm³/mol. The molecule has 1 fully saturated rings. The van der Waals surface area contributed by atoms with Gasteiger partial charge < -0.3 is 14.8 Å². The summed E-state index contributed by atoms with van der Waals surface area (Å²) < 4.78 is 24.4. The van der Waals surface area contributed by atoms with Crippen molar-refractivity contribution in [1.29, 1.82) is 0 Å². The molecule has 1 aliphatic rings. The average molecular weight is 465 g/mol. The lowest BCUT2D eigenvalue weighted by molar-refractivity contribution is -0.127. The van der Waals surface area contributed by atoms with Gasteiger partial charge in [0.2, 0.25) is 5.91 Å². The molecule has 0 aromatic heterocycles. The van der Waals surface area contributed by atoms with Crippen molar-refractivity contribution in [1.82, 2.24) is 4.90 Å². The maximum atomic E-state index is 13.7. The number of carbonyl (C=O) groups is 3. The molecule has 1 aliphatic heterocycles. The lowest BCUT2D eigenvalue weighted by Crippen LogP contribution is -2.36. The van der Waals surface area contributed by atoms with Gasteiger partial charge in [0.1, 0.15) is 12.4 Å². The van der Waals surface area contributed by atoms with Crippen LogP contribution in [0.1, 0.15) is 12.5 Å². The fourth-order valence-electron chi connectivity index (χ4n) is 2.76. The van der Waals surface area contributed by atoms with Gasteiger partial charge in [0.05, 0.1) is 29.3 Å². The maximum Gasteiger partial charge on any atom is 0.294 e. The Balaban J connectivity index is 1.78. The molecule has 0 bridgehead atoms. The van der Waals surface area contributed by atoms with E-state index in [1.165, 1.54) is 31.4 Å². The van der Waals surface area contributed by atoms with E-state index in [4.69, 9.17) is 21.1 Å². The minimum atomic E-state index is -0.699. The van der Waals surface area contributed by atoms with Crippen molar-refractivity contribution in [2.75, 3.05) is 25.6 Å². The lowest BCUT2D eigenvalue weighted by atomic mass is 10.1. The molecule has 0 unspecified atom stereocenters. The zero-order valence-electron chi connectivity index (χ0n) is 16.6. The largest absolute Gasteiger partial charge is 0.493 e. The molecule has 1 N–H and O–H groups in total. The standard InChI is InChI=1S/C21H18ClFN2O5S/c1-3-30-17-8-12(13(22)10-16(17)29-2)9-18-20(27)25(21(28)31-18)11-19(26)24-15-7-5-4-6-14(15)23/h4-10H,3,11H2,1-2H3,(H,24,26)/b18-9-. The van der Waals surface area contributed by atoms with Crippen LogP contribution < -0.4 is 14.8 Å². The van der Waals surface area contributed by atoms with E-state index in [2.05, 4.69) is 5.32 Å². The highest BCUT2D eigenvalue weighted by Crippen LogP contribution is 2.37. The van der Waals surface area contributed by atoms with Crippen molar-refractivity contribution in [2.24, 2.45) is 0 Å². The monoisotopic (exact) mass is 464 g/mol. The third-order valence-electron chi connectivity index (χ3n) is 4.19. The summed E-state index contributed by atoms with van der Waals surface area (Å²) in [6.07, 6.45) is 1.45. The predicted octanol–water partition coefficient (Wildman–Crippen LogP) is 4.56. The van der Waals surface area contributed by atoms with Crippen LogP contribution in [-0.2, 0) is 9.59 Å². The number of nitrogens with one attached hydrogen (secondary N) is 1. The Morgan fingerprint density at radius 3 is 2.68 bits per heavy atom. The summed E-state index contributed by atoms with van der Waals surface area (Å²) in [5, 5.41) is 2.03. The zero-order valence-corrected chi connectivity index (χ0v) is 18.2. The fourth-order valence-corrected chi connectivity index (χ4v) is 3.80. The first-order valence-corrected chi connectivity index (χ1v) is 10.3. The van der Waals surface area contributed by atoms with Crippen LogP contribution in [-0.4, -0.2) is 42.2 Å². The van der Waals surface area contributed by atoms with E-state index in [0.717, 1.165) is 4.90 Å². The Hall–Kier alpha value is -3.04. The number of hydrogen-bond acceptors (Lipinski definition) is 6. The van der Waals surface area contributed by atoms with Crippen molar-refractivity contribution in [3.05, 3.63) is 57.7 Å². The second kappa shape index (κ2) is 9.84. The van der Waals surface area contributed by atoms with E-state index >= 15 is 0 Å². The van der Waals surface area contributed by atoms with Crippen LogP contribution in [0.15, 0.2) is 41.3 Å². The Bertz CT molecular complexity index is 1080. The second-order valence-corrected chi connectivity index (χ2v) is 7.65. The fraction of sp³-hybridized carbons (Fsp3) is 0.190. The molecule has 0 saturated carbocycles. The molecule has 1 heterocycles. The van der Waals surface area contributed by atoms with E-state index in [1.807, 2.05) is 6.92 Å². The molecule has 0 atom stereocenters. The number of rotatable bonds is 7. The smallest absolute Gasteiger partial charge is 0.294 e. The zero-order chi connectivity index (χ0) is 22.5. The van der Waals surface area contributed by atoms with Crippen LogP contribution in [0.25, 0.3) is 6.08 Å². The first-order valence-electron chi connectivity index (χ1n) is 9.14. The molecule has 162 valence electrons. The van der Waals surface area contributed by atoms with Crippen molar-refractivity contribution in [3.63, 3.8) is 0 Å². The van der Waals surface area contributed by atoms with Crippen molar-refractivity contribution in [3.8, 4) is 11.5 Å². The Morgan fingerprint density at radius 2 is 2.00 bits per heavy atom. The summed E-state index contributed by atoms with van der Waals surface area (Å²) in [5.41, 5.74) is 0.413. The number of ether oxygens (including phenoxy) is 2. The van der Waals surface area contributed by atoms with E-state index in [-0.39, 0.29) is 10.6 Å². The third-order valence-corrected chi connectivity index (χ3v) is 5.43. The molecule has 0 spiro atoms. The van der Waals surface area contributed by atoms with Gasteiger partial charge in [0, 0.05) is 6.07 Å². The van der Waals surface area contributed by atoms with Crippen LogP contribution in [0, 0.1) is 5.82 Å². The molecule has 2 aromatic rings. The van der Waals surface area contributed by atoms with Gasteiger partial charge in [-0.15, -0.1) is 0 Å². The van der Waals surface area contributed by atoms with E-state index < -0.39 is 29.4 Å². The molecular weight excluding hydrogens is 447 g/mol. The van der Waals surface area contributed by atoms with Crippen LogP contribution in [0.2, 0.25) is 5.02 Å². The van der Waals surface area contributed by atoms with E-state index in [9.17, 15) is 18.8 Å². The van der Waals surface area contributed by atoms with Crippen molar-refractivity contribution >= 4 is 52.2 Å². The first kappa shape index (κ1) is 22.6. The molecular formula is C21H18ClFN2O5S. The third kappa shape index (κ3) is 5.18. The van der Waals surface area contributed by atoms with Crippen LogP contribution in [0.4, 0.5) is 14.9 Å². The quantitative estimate of drug-likeness (QED) is 0.604. The van der Waals surface area contributed by atoms with E-state index in [0.29, 0.717) is 40.5 Å². The summed E-state index contributed by atoms with van der Waals surface area (Å²) in [6.45, 7) is 1.66. The normalized spacial score (nSPS) is 14.8. The van der Waals surface area contributed by atoms with Gasteiger partial charge >= 0.3 is 0 Å². The maximum absolute atomic E-state index is 13.7. The number of halogens is 2. The summed E-state index contributed by atoms with van der Waals surface area (Å²) in [7, 11) is 1.48. The van der Waals surface area contributed by atoms with Gasteiger partial charge in [-0.2, -0.15) is 0 Å². The molecule has 1 saturated heterocycles. The molecule has 3 amide bonds. The summed E-state index contributed by atoms with van der Waals surface area (Å²) in [6, 6.07) is 8.74. The molecule has 10 heteroatoms. The number of thioether (sulfide) groups is 1. The lowest BCUT2D eigenvalue weighted by Gasteiger charge is -2.13. The number of nitrogens with zero attached hydrogens (tertiary/aromatic N) is 1. The summed E-state index contributed by atoms with van der Waals surface area (Å²) >= 11 is 6.95. The van der Waals surface area contributed by atoms with Gasteiger partial charge in [-0.1, -0.05) is 23.7 Å². The van der Waals surface area contributed by atoms with Crippen LogP contribution in [0.5, 0.6) is 11.5 Å². The molecule has 3 rings (SSSR count). The number of hydrogen-bond donors (Lipinski definition) is 1.